The van der Waals surface area contributed by atoms with Gasteiger partial charge >= 0.3 is 6.18 Å². The summed E-state index contributed by atoms with van der Waals surface area (Å²) in [5.74, 6) is 0.374. The van der Waals surface area contributed by atoms with Crippen molar-refractivity contribution in [2.24, 2.45) is 0 Å². The number of hydrogen-bond acceptors (Lipinski definition) is 4. The average Bonchev–Trinajstić information content (AvgIpc) is 2.27. The summed E-state index contributed by atoms with van der Waals surface area (Å²) in [6, 6.07) is 1.42. The molecule has 1 aromatic rings. The molecule has 106 valence electrons. The first kappa shape index (κ1) is 16.1. The van der Waals surface area contributed by atoms with Crippen LogP contribution in [-0.2, 0) is 10.9 Å². The van der Waals surface area contributed by atoms with Crippen molar-refractivity contribution in [3.8, 4) is 0 Å². The number of halogens is 4. The molecule has 0 aliphatic carbocycles. The van der Waals surface area contributed by atoms with E-state index >= 15 is 0 Å². The maximum Gasteiger partial charge on any atom is 0.418 e. The number of nitrogens with zero attached hydrogens (tertiary/aromatic N) is 1. The Bertz CT molecular complexity index is 482. The number of methoxy groups -OCH3 is 1. The van der Waals surface area contributed by atoms with Crippen LogP contribution in [0.15, 0.2) is 17.0 Å². The topological polar surface area (TPSA) is 52.4 Å². The third-order valence-electron chi connectivity index (χ3n) is 2.10. The number of rotatable bonds is 5. The van der Waals surface area contributed by atoms with Crippen LogP contribution in [-0.4, -0.2) is 24.4 Å². The van der Waals surface area contributed by atoms with E-state index in [2.05, 4.69) is 0 Å². The van der Waals surface area contributed by atoms with Crippen LogP contribution in [0.1, 0.15) is 5.56 Å². The molecule has 0 aromatic heterocycles. The molecule has 0 radical (unpaired) electrons. The van der Waals surface area contributed by atoms with Crippen LogP contribution in [0, 0.1) is 10.1 Å². The Kier molecular flexibility index (Phi) is 5.45. The van der Waals surface area contributed by atoms with Crippen molar-refractivity contribution in [2.75, 3.05) is 19.5 Å². The average molecular weight is 316 g/mol. The van der Waals surface area contributed by atoms with E-state index in [1.54, 1.807) is 0 Å². The van der Waals surface area contributed by atoms with E-state index in [0.29, 0.717) is 18.4 Å². The van der Waals surface area contributed by atoms with Gasteiger partial charge in [-0.2, -0.15) is 13.2 Å². The normalized spacial score (nSPS) is 11.6. The van der Waals surface area contributed by atoms with Crippen LogP contribution in [0.5, 0.6) is 0 Å². The molecule has 0 amide bonds. The van der Waals surface area contributed by atoms with Crippen molar-refractivity contribution in [3.63, 3.8) is 0 Å². The summed E-state index contributed by atoms with van der Waals surface area (Å²) in [7, 11) is 1.45. The van der Waals surface area contributed by atoms with E-state index in [1.165, 1.54) is 7.11 Å². The largest absolute Gasteiger partial charge is 0.418 e. The van der Waals surface area contributed by atoms with Crippen molar-refractivity contribution in [1.29, 1.82) is 0 Å². The molecular formula is C10H9ClF3NO3S. The van der Waals surface area contributed by atoms with Gasteiger partial charge in [0.25, 0.3) is 5.69 Å². The summed E-state index contributed by atoms with van der Waals surface area (Å²) >= 11 is 6.53. The van der Waals surface area contributed by atoms with Crippen LogP contribution in [0.3, 0.4) is 0 Å². The molecule has 9 heteroatoms. The van der Waals surface area contributed by atoms with E-state index in [4.69, 9.17) is 16.3 Å². The number of nitro benzene ring substituents is 1. The predicted molar refractivity (Wildman–Crippen MR) is 65.7 cm³/mol. The maximum atomic E-state index is 12.6. The molecule has 0 aliphatic rings. The molecule has 4 nitrogen and oxygen atoms in total. The SMILES string of the molecule is COCCSc1cc(Cl)c(C(F)(F)F)cc1[N+](=O)[O-]. The summed E-state index contributed by atoms with van der Waals surface area (Å²) in [6.07, 6.45) is -4.72. The van der Waals surface area contributed by atoms with E-state index < -0.39 is 27.4 Å². The minimum Gasteiger partial charge on any atom is -0.384 e. The first-order valence-electron chi connectivity index (χ1n) is 4.94. The highest BCUT2D eigenvalue weighted by Crippen LogP contribution is 2.41. The first-order valence-corrected chi connectivity index (χ1v) is 6.30. The van der Waals surface area contributed by atoms with Gasteiger partial charge in [0.2, 0.25) is 0 Å². The van der Waals surface area contributed by atoms with Gasteiger partial charge in [-0.05, 0) is 6.07 Å². The fourth-order valence-corrected chi connectivity index (χ4v) is 2.54. The number of alkyl halides is 3. The second-order valence-electron chi connectivity index (χ2n) is 3.40. The minimum atomic E-state index is -4.72. The molecule has 19 heavy (non-hydrogen) atoms. The van der Waals surface area contributed by atoms with Crippen molar-refractivity contribution in [2.45, 2.75) is 11.1 Å². The molecule has 1 aromatic carbocycles. The van der Waals surface area contributed by atoms with E-state index in [-0.39, 0.29) is 4.90 Å². The summed E-state index contributed by atoms with van der Waals surface area (Å²) in [4.78, 5) is 10.0. The first-order chi connectivity index (χ1) is 8.77. The lowest BCUT2D eigenvalue weighted by atomic mass is 10.2. The second kappa shape index (κ2) is 6.44. The molecule has 0 atom stereocenters. The fourth-order valence-electron chi connectivity index (χ4n) is 1.25. The smallest absolute Gasteiger partial charge is 0.384 e. The molecule has 0 spiro atoms. The summed E-state index contributed by atoms with van der Waals surface area (Å²) in [5.41, 5.74) is -1.82. The zero-order valence-corrected chi connectivity index (χ0v) is 11.2. The summed E-state index contributed by atoms with van der Waals surface area (Å²) in [5, 5.41) is 10.2. The number of benzene rings is 1. The Hall–Kier alpha value is -0.990. The third kappa shape index (κ3) is 4.26. The molecule has 0 N–H and O–H groups in total. The van der Waals surface area contributed by atoms with Gasteiger partial charge in [0, 0.05) is 18.9 Å². The quantitative estimate of drug-likeness (QED) is 0.356. The zero-order valence-electron chi connectivity index (χ0n) is 9.66. The number of nitro groups is 1. The van der Waals surface area contributed by atoms with Crippen LogP contribution >= 0.6 is 23.4 Å². The monoisotopic (exact) mass is 315 g/mol. The van der Waals surface area contributed by atoms with Crippen LogP contribution in [0.2, 0.25) is 5.02 Å². The van der Waals surface area contributed by atoms with Crippen molar-refractivity contribution in [1.82, 2.24) is 0 Å². The van der Waals surface area contributed by atoms with Gasteiger partial charge in [-0.3, -0.25) is 10.1 Å². The standard InChI is InChI=1S/C10H9ClF3NO3S/c1-18-2-3-19-9-5-7(11)6(10(12,13)14)4-8(9)15(16)17/h4-5H,2-3H2,1H3. The number of hydrogen-bond donors (Lipinski definition) is 0. The molecule has 0 bridgehead atoms. The van der Waals surface area contributed by atoms with Crippen LogP contribution in [0.4, 0.5) is 18.9 Å². The highest BCUT2D eigenvalue weighted by atomic mass is 35.5. The van der Waals surface area contributed by atoms with E-state index in [0.717, 1.165) is 17.8 Å². The molecule has 0 saturated heterocycles. The van der Waals surface area contributed by atoms with Gasteiger partial charge in [0.05, 0.1) is 27.0 Å². The third-order valence-corrected chi connectivity index (χ3v) is 3.42. The summed E-state index contributed by atoms with van der Waals surface area (Å²) < 4.78 is 42.6. The van der Waals surface area contributed by atoms with Gasteiger partial charge in [0.1, 0.15) is 0 Å². The Morgan fingerprint density at radius 2 is 2.11 bits per heavy atom. The molecular weight excluding hydrogens is 307 g/mol. The zero-order chi connectivity index (χ0) is 14.6. The van der Waals surface area contributed by atoms with Crippen molar-refractivity contribution < 1.29 is 22.8 Å². The highest BCUT2D eigenvalue weighted by Gasteiger charge is 2.36. The molecule has 1 rings (SSSR count). The Morgan fingerprint density at radius 3 is 2.58 bits per heavy atom. The van der Waals surface area contributed by atoms with E-state index in [1.807, 2.05) is 0 Å². The second-order valence-corrected chi connectivity index (χ2v) is 4.94. The van der Waals surface area contributed by atoms with Gasteiger partial charge in [-0.1, -0.05) is 11.6 Å². The number of ether oxygens (including phenoxy) is 1. The fraction of sp³-hybridized carbons (Fsp3) is 0.400. The lowest BCUT2D eigenvalue weighted by Crippen LogP contribution is -2.07. The van der Waals surface area contributed by atoms with Gasteiger partial charge < -0.3 is 4.74 Å². The Balaban J connectivity index is 3.18. The molecule has 0 saturated carbocycles. The summed E-state index contributed by atoms with van der Waals surface area (Å²) in [6.45, 7) is 0.320. The predicted octanol–water partition coefficient (Wildman–Crippen LogP) is 4.01. The Morgan fingerprint density at radius 1 is 1.47 bits per heavy atom. The lowest BCUT2D eigenvalue weighted by Gasteiger charge is -2.10. The van der Waals surface area contributed by atoms with E-state index in [9.17, 15) is 23.3 Å². The van der Waals surface area contributed by atoms with Gasteiger partial charge in [-0.15, -0.1) is 11.8 Å². The molecule has 0 unspecified atom stereocenters. The molecule has 0 aliphatic heterocycles. The van der Waals surface area contributed by atoms with Crippen molar-refractivity contribution >= 4 is 29.1 Å². The van der Waals surface area contributed by atoms with Crippen LogP contribution < -0.4 is 0 Å². The lowest BCUT2D eigenvalue weighted by molar-refractivity contribution is -0.388. The number of thioether (sulfide) groups is 1. The molecule has 0 fully saturated rings. The highest BCUT2D eigenvalue weighted by molar-refractivity contribution is 7.99. The Labute approximate surface area is 116 Å². The minimum absolute atomic E-state index is 0.0834. The van der Waals surface area contributed by atoms with Crippen LogP contribution in [0.25, 0.3) is 0 Å². The maximum absolute atomic E-state index is 12.6. The van der Waals surface area contributed by atoms with Crippen molar-refractivity contribution in [3.05, 3.63) is 32.8 Å². The van der Waals surface area contributed by atoms with Gasteiger partial charge in [0.15, 0.2) is 0 Å². The molecule has 0 heterocycles. The van der Waals surface area contributed by atoms with Gasteiger partial charge in [-0.25, -0.2) is 0 Å².